The Morgan fingerprint density at radius 2 is 2.33 bits per heavy atom. The zero-order valence-corrected chi connectivity index (χ0v) is 8.34. The van der Waals surface area contributed by atoms with Gasteiger partial charge >= 0.3 is 0 Å². The summed E-state index contributed by atoms with van der Waals surface area (Å²) in [7, 11) is 0. The van der Waals surface area contributed by atoms with Gasteiger partial charge in [-0.1, -0.05) is 6.07 Å². The number of hydrogen-bond donors (Lipinski definition) is 2. The third-order valence-corrected chi connectivity index (χ3v) is 1.84. The summed E-state index contributed by atoms with van der Waals surface area (Å²) in [5.74, 6) is 0.887. The van der Waals surface area contributed by atoms with Gasteiger partial charge in [-0.05, 0) is 41.0 Å². The third-order valence-electron chi connectivity index (χ3n) is 1.40. The van der Waals surface area contributed by atoms with Crippen molar-refractivity contribution in [3.63, 3.8) is 0 Å². The third kappa shape index (κ3) is 3.19. The molecule has 1 rings (SSSR count). The molecular formula is C8H12BrN3. The van der Waals surface area contributed by atoms with Crippen LogP contribution in [0.2, 0.25) is 0 Å². The Morgan fingerprint density at radius 3 is 3.00 bits per heavy atom. The molecule has 0 radical (unpaired) electrons. The minimum Gasteiger partial charge on any atom is -0.370 e. The van der Waals surface area contributed by atoms with Gasteiger partial charge in [-0.2, -0.15) is 0 Å². The van der Waals surface area contributed by atoms with Crippen molar-refractivity contribution in [1.82, 2.24) is 4.98 Å². The number of hydrogen-bond acceptors (Lipinski definition) is 3. The van der Waals surface area contributed by atoms with Gasteiger partial charge in [-0.15, -0.1) is 0 Å². The maximum absolute atomic E-state index is 5.35. The van der Waals surface area contributed by atoms with Crippen LogP contribution in [0.5, 0.6) is 0 Å². The molecule has 1 aromatic heterocycles. The van der Waals surface area contributed by atoms with Crippen LogP contribution in [0.15, 0.2) is 22.8 Å². The summed E-state index contributed by atoms with van der Waals surface area (Å²) in [6.45, 7) is 1.58. The van der Waals surface area contributed by atoms with Crippen molar-refractivity contribution < 1.29 is 0 Å². The predicted molar refractivity (Wildman–Crippen MR) is 54.1 cm³/mol. The maximum Gasteiger partial charge on any atom is 0.127 e. The van der Waals surface area contributed by atoms with Gasteiger partial charge in [0, 0.05) is 6.54 Å². The van der Waals surface area contributed by atoms with E-state index in [0.29, 0.717) is 6.54 Å². The molecule has 0 spiro atoms. The van der Waals surface area contributed by atoms with E-state index in [1.807, 2.05) is 18.2 Å². The van der Waals surface area contributed by atoms with Crippen LogP contribution >= 0.6 is 15.9 Å². The highest BCUT2D eigenvalue weighted by atomic mass is 79.9. The van der Waals surface area contributed by atoms with Gasteiger partial charge < -0.3 is 11.1 Å². The number of anilines is 1. The molecular weight excluding hydrogens is 218 g/mol. The predicted octanol–water partition coefficient (Wildman–Crippen LogP) is 1.60. The molecule has 0 aliphatic carbocycles. The molecule has 0 amide bonds. The first-order chi connectivity index (χ1) is 5.83. The highest BCUT2D eigenvalue weighted by Gasteiger charge is 1.92. The van der Waals surface area contributed by atoms with E-state index in [1.165, 1.54) is 0 Å². The van der Waals surface area contributed by atoms with Gasteiger partial charge in [0.15, 0.2) is 0 Å². The molecule has 3 N–H and O–H groups in total. The Balaban J connectivity index is 2.41. The number of nitrogens with one attached hydrogen (secondary N) is 1. The fraction of sp³-hybridized carbons (Fsp3) is 0.375. The summed E-state index contributed by atoms with van der Waals surface area (Å²) in [5.41, 5.74) is 5.35. The Bertz CT molecular complexity index is 239. The van der Waals surface area contributed by atoms with E-state index in [0.717, 1.165) is 23.4 Å². The molecule has 3 nitrogen and oxygen atoms in total. The van der Waals surface area contributed by atoms with E-state index < -0.39 is 0 Å². The highest BCUT2D eigenvalue weighted by Crippen LogP contribution is 2.09. The molecule has 0 saturated heterocycles. The summed E-state index contributed by atoms with van der Waals surface area (Å²) in [6.07, 6.45) is 0.966. The lowest BCUT2D eigenvalue weighted by Crippen LogP contribution is -2.09. The average Bonchev–Trinajstić information content (AvgIpc) is 2.05. The van der Waals surface area contributed by atoms with Gasteiger partial charge in [0.1, 0.15) is 10.4 Å². The van der Waals surface area contributed by atoms with Gasteiger partial charge in [0.2, 0.25) is 0 Å². The van der Waals surface area contributed by atoms with Gasteiger partial charge in [0.25, 0.3) is 0 Å². The van der Waals surface area contributed by atoms with E-state index in [4.69, 9.17) is 5.73 Å². The van der Waals surface area contributed by atoms with Crippen LogP contribution in [0.1, 0.15) is 6.42 Å². The molecule has 0 fully saturated rings. The van der Waals surface area contributed by atoms with Crippen molar-refractivity contribution in [3.05, 3.63) is 22.8 Å². The molecule has 1 aromatic rings. The lowest BCUT2D eigenvalue weighted by atomic mass is 10.4. The summed E-state index contributed by atoms with van der Waals surface area (Å²) >= 11 is 3.30. The second-order valence-electron chi connectivity index (χ2n) is 2.41. The van der Waals surface area contributed by atoms with Crippen LogP contribution in [0.4, 0.5) is 5.82 Å². The zero-order chi connectivity index (χ0) is 8.81. The standard InChI is InChI=1S/C8H12BrN3/c9-7-3-1-4-8(12-7)11-6-2-5-10/h1,3-4H,2,5-6,10H2,(H,11,12). The highest BCUT2D eigenvalue weighted by molar-refractivity contribution is 9.10. The summed E-state index contributed by atoms with van der Waals surface area (Å²) in [6, 6.07) is 5.78. The van der Waals surface area contributed by atoms with Crippen LogP contribution in [0.3, 0.4) is 0 Å². The molecule has 0 unspecified atom stereocenters. The van der Waals surface area contributed by atoms with E-state index in [2.05, 4.69) is 26.2 Å². The molecule has 0 bridgehead atoms. The molecule has 0 aromatic carbocycles. The first-order valence-electron chi connectivity index (χ1n) is 3.89. The summed E-state index contributed by atoms with van der Waals surface area (Å²) in [4.78, 5) is 4.21. The van der Waals surface area contributed by atoms with Crippen LogP contribution in [-0.4, -0.2) is 18.1 Å². The number of halogens is 1. The molecule has 0 atom stereocenters. The Labute approximate surface area is 80.5 Å². The van der Waals surface area contributed by atoms with Crippen molar-refractivity contribution in [2.75, 3.05) is 18.4 Å². The van der Waals surface area contributed by atoms with Gasteiger partial charge in [-0.25, -0.2) is 4.98 Å². The Morgan fingerprint density at radius 1 is 1.50 bits per heavy atom. The van der Waals surface area contributed by atoms with Crippen LogP contribution < -0.4 is 11.1 Å². The maximum atomic E-state index is 5.35. The molecule has 12 heavy (non-hydrogen) atoms. The molecule has 0 aliphatic heterocycles. The van der Waals surface area contributed by atoms with Gasteiger partial charge in [-0.3, -0.25) is 0 Å². The monoisotopic (exact) mass is 229 g/mol. The van der Waals surface area contributed by atoms with Crippen molar-refractivity contribution in [2.24, 2.45) is 5.73 Å². The SMILES string of the molecule is NCCCNc1cccc(Br)n1. The summed E-state index contributed by atoms with van der Waals surface area (Å²) < 4.78 is 0.847. The minimum absolute atomic E-state index is 0.709. The smallest absolute Gasteiger partial charge is 0.127 e. The first kappa shape index (κ1) is 9.48. The van der Waals surface area contributed by atoms with Gasteiger partial charge in [0.05, 0.1) is 0 Å². The Hall–Kier alpha value is -0.610. The van der Waals surface area contributed by atoms with E-state index >= 15 is 0 Å². The molecule has 0 aliphatic rings. The minimum atomic E-state index is 0.709. The number of aromatic nitrogens is 1. The number of nitrogens with zero attached hydrogens (tertiary/aromatic N) is 1. The molecule has 1 heterocycles. The average molecular weight is 230 g/mol. The topological polar surface area (TPSA) is 50.9 Å². The fourth-order valence-electron chi connectivity index (χ4n) is 0.825. The van der Waals surface area contributed by atoms with Crippen molar-refractivity contribution in [2.45, 2.75) is 6.42 Å². The van der Waals surface area contributed by atoms with Crippen molar-refractivity contribution in [3.8, 4) is 0 Å². The first-order valence-corrected chi connectivity index (χ1v) is 4.69. The fourth-order valence-corrected chi connectivity index (χ4v) is 1.17. The zero-order valence-electron chi connectivity index (χ0n) is 6.76. The number of rotatable bonds is 4. The van der Waals surface area contributed by atoms with Crippen LogP contribution in [0.25, 0.3) is 0 Å². The quantitative estimate of drug-likeness (QED) is 0.610. The molecule has 66 valence electrons. The summed E-state index contributed by atoms with van der Waals surface area (Å²) in [5, 5.41) is 3.17. The lowest BCUT2D eigenvalue weighted by molar-refractivity contribution is 0.870. The van der Waals surface area contributed by atoms with E-state index in [9.17, 15) is 0 Å². The van der Waals surface area contributed by atoms with Crippen molar-refractivity contribution >= 4 is 21.7 Å². The Kier molecular flexibility index (Phi) is 4.04. The second kappa shape index (κ2) is 5.11. The van der Waals surface area contributed by atoms with Crippen LogP contribution in [-0.2, 0) is 0 Å². The molecule has 0 saturated carbocycles. The van der Waals surface area contributed by atoms with E-state index in [1.54, 1.807) is 0 Å². The largest absolute Gasteiger partial charge is 0.370 e. The second-order valence-corrected chi connectivity index (χ2v) is 3.23. The lowest BCUT2D eigenvalue weighted by Gasteiger charge is -2.03. The van der Waals surface area contributed by atoms with Crippen LogP contribution in [0, 0.1) is 0 Å². The number of pyridine rings is 1. The van der Waals surface area contributed by atoms with E-state index in [-0.39, 0.29) is 0 Å². The van der Waals surface area contributed by atoms with Crippen molar-refractivity contribution in [1.29, 1.82) is 0 Å². The number of nitrogens with two attached hydrogens (primary N) is 1. The molecule has 4 heteroatoms. The normalized spacial score (nSPS) is 9.83.